The lowest BCUT2D eigenvalue weighted by Gasteiger charge is -2.48. The number of hydrogen-bond donors (Lipinski definition) is 1. The summed E-state index contributed by atoms with van der Waals surface area (Å²) in [7, 11) is 4.29. The van der Waals surface area contributed by atoms with Crippen LogP contribution in [0.5, 0.6) is 11.5 Å². The predicted octanol–water partition coefficient (Wildman–Crippen LogP) is 5.62. The number of rotatable bonds is 11. The molecule has 1 N–H and O–H groups in total. The number of hydrogen-bond acceptors (Lipinski definition) is 6. The van der Waals surface area contributed by atoms with Crippen molar-refractivity contribution >= 4 is 13.9 Å². The molecule has 3 rings (SSSR count). The third-order valence-corrected chi connectivity index (χ3v) is 12.2. The van der Waals surface area contributed by atoms with Crippen molar-refractivity contribution in [2.45, 2.75) is 69.6 Å². The Kier molecular flexibility index (Phi) is 8.02. The Morgan fingerprint density at radius 2 is 1.65 bits per heavy atom. The number of benzene rings is 1. The fourth-order valence-electron chi connectivity index (χ4n) is 5.52. The standard InChI is InChI=1S/C27H40O6Si/c1-9-17-26(28)18-21-20(25(30-6)27(26,31-7)32-8)15-13-19-14-16-22(29-5)24(23(19)21)33-34(10-2,11-3)12-4/h9,14,16,18,28H,1,10-13,15,17H2,2-8H3/t26-/m0/s1. The van der Waals surface area contributed by atoms with Crippen molar-refractivity contribution < 1.29 is 28.5 Å². The zero-order valence-electron chi connectivity index (χ0n) is 21.7. The third-order valence-electron chi connectivity index (χ3n) is 7.68. The number of fused-ring (bicyclic) bond motifs is 3. The minimum Gasteiger partial charge on any atom is -0.541 e. The first-order chi connectivity index (χ1) is 16.3. The Morgan fingerprint density at radius 3 is 2.15 bits per heavy atom. The molecular weight excluding hydrogens is 448 g/mol. The molecule has 0 saturated heterocycles. The van der Waals surface area contributed by atoms with Crippen LogP contribution in [0.1, 0.15) is 44.7 Å². The van der Waals surface area contributed by atoms with E-state index in [4.69, 9.17) is 23.4 Å². The molecule has 0 saturated carbocycles. The van der Waals surface area contributed by atoms with Gasteiger partial charge in [-0.05, 0) is 54.3 Å². The Morgan fingerprint density at radius 1 is 1.00 bits per heavy atom. The molecule has 0 aromatic heterocycles. The zero-order valence-corrected chi connectivity index (χ0v) is 22.7. The number of aryl methyl sites for hydroxylation is 1. The Labute approximate surface area is 205 Å². The van der Waals surface area contributed by atoms with Gasteiger partial charge in [0.1, 0.15) is 5.60 Å². The van der Waals surface area contributed by atoms with Crippen molar-refractivity contribution in [3.63, 3.8) is 0 Å². The van der Waals surface area contributed by atoms with Gasteiger partial charge in [-0.15, -0.1) is 6.58 Å². The maximum Gasteiger partial charge on any atom is 0.261 e. The van der Waals surface area contributed by atoms with Crippen LogP contribution in [0, 0.1) is 0 Å². The van der Waals surface area contributed by atoms with E-state index in [9.17, 15) is 5.11 Å². The lowest BCUT2D eigenvalue weighted by Crippen LogP contribution is -2.59. The summed E-state index contributed by atoms with van der Waals surface area (Å²) < 4.78 is 30.4. The van der Waals surface area contributed by atoms with Gasteiger partial charge in [0.05, 0.1) is 14.2 Å². The number of methoxy groups -OCH3 is 4. The lowest BCUT2D eigenvalue weighted by atomic mass is 9.71. The lowest BCUT2D eigenvalue weighted by molar-refractivity contribution is -0.279. The predicted molar refractivity (Wildman–Crippen MR) is 138 cm³/mol. The van der Waals surface area contributed by atoms with E-state index in [2.05, 4.69) is 33.4 Å². The highest BCUT2D eigenvalue weighted by molar-refractivity contribution is 6.74. The number of aliphatic hydroxyl groups is 1. The summed E-state index contributed by atoms with van der Waals surface area (Å²) in [6.07, 6.45) is 5.25. The second kappa shape index (κ2) is 10.3. The molecule has 0 heterocycles. The van der Waals surface area contributed by atoms with Crippen molar-refractivity contribution in [3.05, 3.63) is 53.3 Å². The minimum absolute atomic E-state index is 0.214. The quantitative estimate of drug-likeness (QED) is 0.248. The van der Waals surface area contributed by atoms with Crippen LogP contribution in [0.3, 0.4) is 0 Å². The molecule has 7 heteroatoms. The largest absolute Gasteiger partial charge is 0.541 e. The maximum atomic E-state index is 12.0. The summed E-state index contributed by atoms with van der Waals surface area (Å²) in [4.78, 5) is 0. The SMILES string of the molecule is C=CC[C@]1(O)C=C2C(=C(OC)C1(OC)OC)CCc1ccc(OC)c(O[Si](CC)(CC)CC)c12. The minimum atomic E-state index is -2.02. The molecule has 6 nitrogen and oxygen atoms in total. The summed E-state index contributed by atoms with van der Waals surface area (Å²) in [5.41, 5.74) is 2.42. The summed E-state index contributed by atoms with van der Waals surface area (Å²) in [6.45, 7) is 10.5. The van der Waals surface area contributed by atoms with Gasteiger partial charge in [-0.1, -0.05) is 32.9 Å². The molecule has 0 bridgehead atoms. The Hall–Kier alpha value is -2.06. The second-order valence-corrected chi connectivity index (χ2v) is 13.7. The molecule has 1 aromatic carbocycles. The monoisotopic (exact) mass is 488 g/mol. The summed E-state index contributed by atoms with van der Waals surface area (Å²) >= 11 is 0. The van der Waals surface area contributed by atoms with E-state index in [1.165, 1.54) is 14.2 Å². The molecule has 0 spiro atoms. The van der Waals surface area contributed by atoms with Crippen molar-refractivity contribution in [1.29, 1.82) is 0 Å². The van der Waals surface area contributed by atoms with Gasteiger partial charge in [0, 0.05) is 31.8 Å². The smallest absolute Gasteiger partial charge is 0.261 e. The van der Waals surface area contributed by atoms with Crippen LogP contribution in [0.2, 0.25) is 18.1 Å². The zero-order chi connectivity index (χ0) is 25.1. The van der Waals surface area contributed by atoms with Crippen molar-refractivity contribution in [1.82, 2.24) is 0 Å². The van der Waals surface area contributed by atoms with Gasteiger partial charge in [0.2, 0.25) is 0 Å². The topological polar surface area (TPSA) is 66.4 Å². The molecular formula is C27H40O6Si. The van der Waals surface area contributed by atoms with Crippen LogP contribution in [0.25, 0.3) is 5.57 Å². The summed E-state index contributed by atoms with van der Waals surface area (Å²) in [6, 6.07) is 7.12. The molecule has 188 valence electrons. The summed E-state index contributed by atoms with van der Waals surface area (Å²) in [5, 5.41) is 12.0. The average molecular weight is 489 g/mol. The molecule has 2 aliphatic rings. The molecule has 0 fully saturated rings. The fraction of sp³-hybridized carbons (Fsp3) is 0.556. The third kappa shape index (κ3) is 3.92. The van der Waals surface area contributed by atoms with Gasteiger partial charge >= 0.3 is 0 Å². The fourth-order valence-corrected chi connectivity index (χ4v) is 8.08. The van der Waals surface area contributed by atoms with Crippen molar-refractivity contribution in [2.75, 3.05) is 28.4 Å². The second-order valence-electron chi connectivity index (χ2n) is 8.99. The van der Waals surface area contributed by atoms with Crippen LogP contribution < -0.4 is 9.16 Å². The molecule has 1 aromatic rings. The van der Waals surface area contributed by atoms with Gasteiger partial charge in [-0.2, -0.15) is 0 Å². The number of allylic oxidation sites excluding steroid dienone is 2. The Balaban J connectivity index is 2.37. The van der Waals surface area contributed by atoms with E-state index in [0.717, 1.165) is 59.0 Å². The van der Waals surface area contributed by atoms with E-state index in [1.54, 1.807) is 20.3 Å². The van der Waals surface area contributed by atoms with Crippen LogP contribution in [0.15, 0.2) is 42.2 Å². The van der Waals surface area contributed by atoms with Crippen LogP contribution >= 0.6 is 0 Å². The van der Waals surface area contributed by atoms with E-state index < -0.39 is 19.7 Å². The van der Waals surface area contributed by atoms with Gasteiger partial charge in [0.15, 0.2) is 17.3 Å². The maximum absolute atomic E-state index is 12.0. The first-order valence-electron chi connectivity index (χ1n) is 12.1. The number of ether oxygens (including phenoxy) is 4. The van der Waals surface area contributed by atoms with Gasteiger partial charge in [-0.25, -0.2) is 0 Å². The summed E-state index contributed by atoms with van der Waals surface area (Å²) in [5.74, 6) is 0.457. The van der Waals surface area contributed by atoms with Gasteiger partial charge in [0.25, 0.3) is 14.1 Å². The van der Waals surface area contributed by atoms with Gasteiger partial charge < -0.3 is 28.5 Å². The van der Waals surface area contributed by atoms with E-state index >= 15 is 0 Å². The molecule has 1 atom stereocenters. The van der Waals surface area contributed by atoms with Crippen molar-refractivity contribution in [3.8, 4) is 11.5 Å². The molecule has 0 aliphatic heterocycles. The highest BCUT2D eigenvalue weighted by atomic mass is 28.4. The molecule has 0 radical (unpaired) electrons. The van der Waals surface area contributed by atoms with Crippen LogP contribution in [-0.2, 0) is 20.6 Å². The molecule has 0 amide bonds. The van der Waals surface area contributed by atoms with E-state index in [-0.39, 0.29) is 6.42 Å². The Bertz CT molecular complexity index is 965. The average Bonchev–Trinajstić information content (AvgIpc) is 2.86. The molecule has 2 aliphatic carbocycles. The van der Waals surface area contributed by atoms with Gasteiger partial charge in [-0.3, -0.25) is 0 Å². The first-order valence-corrected chi connectivity index (χ1v) is 14.7. The first kappa shape index (κ1) is 26.5. The van der Waals surface area contributed by atoms with E-state index in [0.29, 0.717) is 11.5 Å². The normalized spacial score (nSPS) is 21.4. The highest BCUT2D eigenvalue weighted by Crippen LogP contribution is 2.54. The van der Waals surface area contributed by atoms with Crippen LogP contribution in [0.4, 0.5) is 0 Å². The molecule has 0 unspecified atom stereocenters. The van der Waals surface area contributed by atoms with Crippen LogP contribution in [-0.4, -0.2) is 53.3 Å². The van der Waals surface area contributed by atoms with E-state index in [1.807, 2.05) is 12.1 Å². The van der Waals surface area contributed by atoms with Crippen molar-refractivity contribution in [2.24, 2.45) is 0 Å². The highest BCUT2D eigenvalue weighted by Gasteiger charge is 2.58. The molecule has 34 heavy (non-hydrogen) atoms.